The molecule has 0 aliphatic carbocycles. The van der Waals surface area contributed by atoms with Gasteiger partial charge in [0, 0.05) is 29.7 Å². The summed E-state index contributed by atoms with van der Waals surface area (Å²) >= 11 is 5.61. The highest BCUT2D eigenvalue weighted by atomic mass is 35.5. The molecule has 178 valence electrons. The lowest BCUT2D eigenvalue weighted by Gasteiger charge is -2.11. The number of benzene rings is 2. The summed E-state index contributed by atoms with van der Waals surface area (Å²) in [6.07, 6.45) is -1.78. The number of carboxylic acid groups (broad SMARTS) is 1. The quantitative estimate of drug-likeness (QED) is 0.280. The first-order valence-corrected chi connectivity index (χ1v) is 10.3. The van der Waals surface area contributed by atoms with E-state index in [0.717, 1.165) is 12.1 Å². The lowest BCUT2D eigenvalue weighted by Crippen LogP contribution is -2.13. The van der Waals surface area contributed by atoms with Crippen LogP contribution in [0.25, 0.3) is 11.1 Å². The SMILES string of the molecule is O=C(O)c1cc(Oc2cccc(-c3c[nH]c(C(=O)Nc4ccc(Cl)c(C(F)(F)F)c4)c3)c2)ccn1. The van der Waals surface area contributed by atoms with Crippen LogP contribution in [0.4, 0.5) is 18.9 Å². The molecule has 0 unspecified atom stereocenters. The summed E-state index contributed by atoms with van der Waals surface area (Å²) in [6.45, 7) is 0. The number of amides is 1. The van der Waals surface area contributed by atoms with E-state index in [-0.39, 0.29) is 22.8 Å². The Morgan fingerprint density at radius 2 is 1.77 bits per heavy atom. The van der Waals surface area contributed by atoms with Crippen molar-refractivity contribution in [1.82, 2.24) is 9.97 Å². The molecule has 0 aliphatic rings. The monoisotopic (exact) mass is 501 g/mol. The smallest absolute Gasteiger partial charge is 0.417 e. The highest BCUT2D eigenvalue weighted by Crippen LogP contribution is 2.36. The van der Waals surface area contributed by atoms with Gasteiger partial charge >= 0.3 is 12.1 Å². The molecule has 0 saturated carbocycles. The number of carboxylic acids is 1. The van der Waals surface area contributed by atoms with Crippen LogP contribution in [0, 0.1) is 0 Å². The predicted molar refractivity (Wildman–Crippen MR) is 122 cm³/mol. The summed E-state index contributed by atoms with van der Waals surface area (Å²) in [5.74, 6) is -1.13. The van der Waals surface area contributed by atoms with E-state index in [0.29, 0.717) is 16.9 Å². The Balaban J connectivity index is 1.50. The Hall–Kier alpha value is -4.31. The number of hydrogen-bond acceptors (Lipinski definition) is 4. The maximum Gasteiger partial charge on any atom is 0.417 e. The molecular weight excluding hydrogens is 487 g/mol. The van der Waals surface area contributed by atoms with E-state index in [4.69, 9.17) is 21.4 Å². The molecule has 3 N–H and O–H groups in total. The van der Waals surface area contributed by atoms with E-state index in [1.54, 1.807) is 30.5 Å². The van der Waals surface area contributed by atoms with Crippen LogP contribution in [-0.2, 0) is 6.18 Å². The number of pyridine rings is 1. The van der Waals surface area contributed by atoms with Crippen molar-refractivity contribution in [1.29, 1.82) is 0 Å². The summed E-state index contributed by atoms with van der Waals surface area (Å²) in [7, 11) is 0. The number of aromatic carboxylic acids is 1. The number of nitrogens with zero attached hydrogens (tertiary/aromatic N) is 1. The maximum atomic E-state index is 13.1. The van der Waals surface area contributed by atoms with Crippen LogP contribution in [0.1, 0.15) is 26.5 Å². The second-order valence-electron chi connectivity index (χ2n) is 7.26. The van der Waals surface area contributed by atoms with E-state index in [2.05, 4.69) is 15.3 Å². The number of ether oxygens (including phenoxy) is 1. The number of hydrogen-bond donors (Lipinski definition) is 3. The highest BCUT2D eigenvalue weighted by molar-refractivity contribution is 6.31. The fourth-order valence-corrected chi connectivity index (χ4v) is 3.40. The first-order chi connectivity index (χ1) is 16.6. The molecule has 4 rings (SSSR count). The number of aromatic amines is 1. The van der Waals surface area contributed by atoms with E-state index in [1.807, 2.05) is 0 Å². The van der Waals surface area contributed by atoms with Crippen molar-refractivity contribution in [3.05, 3.63) is 95.0 Å². The number of H-pyrrole nitrogens is 1. The third kappa shape index (κ3) is 5.61. The largest absolute Gasteiger partial charge is 0.477 e. The second kappa shape index (κ2) is 9.51. The molecule has 0 radical (unpaired) electrons. The van der Waals surface area contributed by atoms with Gasteiger partial charge < -0.3 is 20.1 Å². The molecule has 0 fully saturated rings. The van der Waals surface area contributed by atoms with Crippen LogP contribution in [-0.4, -0.2) is 27.0 Å². The average molecular weight is 502 g/mol. The number of anilines is 1. The van der Waals surface area contributed by atoms with Crippen molar-refractivity contribution in [3.8, 4) is 22.6 Å². The lowest BCUT2D eigenvalue weighted by atomic mass is 10.1. The van der Waals surface area contributed by atoms with E-state index in [9.17, 15) is 22.8 Å². The number of carbonyl (C=O) groups is 2. The minimum absolute atomic E-state index is 0.0589. The average Bonchev–Trinajstić information content (AvgIpc) is 3.31. The van der Waals surface area contributed by atoms with Crippen molar-refractivity contribution in [2.24, 2.45) is 0 Å². The van der Waals surface area contributed by atoms with Gasteiger partial charge in [-0.1, -0.05) is 23.7 Å². The molecule has 0 aliphatic heterocycles. The molecule has 2 aromatic heterocycles. The van der Waals surface area contributed by atoms with Crippen LogP contribution in [0.3, 0.4) is 0 Å². The highest BCUT2D eigenvalue weighted by Gasteiger charge is 2.33. The van der Waals surface area contributed by atoms with Crippen molar-refractivity contribution < 1.29 is 32.6 Å². The zero-order valence-corrected chi connectivity index (χ0v) is 18.3. The summed E-state index contributed by atoms with van der Waals surface area (Å²) in [5.41, 5.74) is 0.143. The summed E-state index contributed by atoms with van der Waals surface area (Å²) in [6, 6.07) is 14.3. The van der Waals surface area contributed by atoms with Gasteiger partial charge in [-0.2, -0.15) is 13.2 Å². The number of nitrogens with one attached hydrogen (secondary N) is 2. The molecule has 0 atom stereocenters. The lowest BCUT2D eigenvalue weighted by molar-refractivity contribution is -0.137. The van der Waals surface area contributed by atoms with E-state index >= 15 is 0 Å². The predicted octanol–water partition coefficient (Wildman–Crippen LogP) is 6.49. The molecule has 2 aromatic carbocycles. The molecule has 0 spiro atoms. The van der Waals surface area contributed by atoms with E-state index < -0.39 is 28.6 Å². The van der Waals surface area contributed by atoms with Crippen LogP contribution in [0.2, 0.25) is 5.02 Å². The Kier molecular flexibility index (Phi) is 6.48. The van der Waals surface area contributed by atoms with Gasteiger partial charge in [0.25, 0.3) is 5.91 Å². The van der Waals surface area contributed by atoms with E-state index in [1.165, 1.54) is 30.5 Å². The van der Waals surface area contributed by atoms with Crippen LogP contribution >= 0.6 is 11.6 Å². The molecule has 4 aromatic rings. The number of halogens is 4. The summed E-state index contributed by atoms with van der Waals surface area (Å²) in [5, 5.41) is 11.0. The Morgan fingerprint density at radius 1 is 1.00 bits per heavy atom. The topological polar surface area (TPSA) is 104 Å². The van der Waals surface area contributed by atoms with Gasteiger partial charge in [0.05, 0.1) is 10.6 Å². The van der Waals surface area contributed by atoms with Gasteiger partial charge in [-0.3, -0.25) is 4.79 Å². The van der Waals surface area contributed by atoms with Crippen molar-refractivity contribution in [2.45, 2.75) is 6.18 Å². The summed E-state index contributed by atoms with van der Waals surface area (Å²) < 4.78 is 44.9. The molecule has 35 heavy (non-hydrogen) atoms. The first kappa shape index (κ1) is 23.8. The molecule has 11 heteroatoms. The molecular formula is C24H15ClF3N3O4. The van der Waals surface area contributed by atoms with Gasteiger partial charge in [-0.15, -0.1) is 0 Å². The Morgan fingerprint density at radius 3 is 2.51 bits per heavy atom. The Bertz CT molecular complexity index is 1420. The summed E-state index contributed by atoms with van der Waals surface area (Å²) in [4.78, 5) is 30.2. The Labute approximate surface area is 201 Å². The molecule has 2 heterocycles. The molecule has 0 saturated heterocycles. The zero-order valence-electron chi connectivity index (χ0n) is 17.6. The minimum Gasteiger partial charge on any atom is -0.477 e. The number of aromatic nitrogens is 2. The van der Waals surface area contributed by atoms with Gasteiger partial charge in [0.1, 0.15) is 17.2 Å². The maximum absolute atomic E-state index is 13.1. The van der Waals surface area contributed by atoms with Crippen LogP contribution in [0.5, 0.6) is 11.5 Å². The third-order valence-electron chi connectivity index (χ3n) is 4.81. The number of rotatable bonds is 6. The number of alkyl halides is 3. The fourth-order valence-electron chi connectivity index (χ4n) is 3.18. The molecule has 0 bridgehead atoms. The minimum atomic E-state index is -4.66. The normalized spacial score (nSPS) is 11.2. The fraction of sp³-hybridized carbons (Fsp3) is 0.0417. The van der Waals surface area contributed by atoms with Crippen molar-refractivity contribution >= 4 is 29.2 Å². The zero-order chi connectivity index (χ0) is 25.2. The number of carbonyl (C=O) groups excluding carboxylic acids is 1. The van der Waals surface area contributed by atoms with Crippen LogP contribution < -0.4 is 10.1 Å². The van der Waals surface area contributed by atoms with Crippen LogP contribution in [0.15, 0.2) is 73.1 Å². The van der Waals surface area contributed by atoms with Gasteiger partial charge in [-0.25, -0.2) is 9.78 Å². The van der Waals surface area contributed by atoms with Gasteiger partial charge in [0.15, 0.2) is 5.69 Å². The molecule has 1 amide bonds. The molecule has 7 nitrogen and oxygen atoms in total. The second-order valence-corrected chi connectivity index (χ2v) is 7.67. The van der Waals surface area contributed by atoms with Gasteiger partial charge in [-0.05, 0) is 48.0 Å². The van der Waals surface area contributed by atoms with Gasteiger partial charge in [0.2, 0.25) is 0 Å². The first-order valence-electron chi connectivity index (χ1n) is 9.94. The van der Waals surface area contributed by atoms with Crippen molar-refractivity contribution in [3.63, 3.8) is 0 Å². The standard InChI is InChI=1S/C24H15ClF3N3O4/c25-19-5-4-15(10-18(19)24(26,27)28)31-22(32)20-9-14(12-30-20)13-2-1-3-16(8-13)35-17-6-7-29-21(11-17)23(33)34/h1-12,30H,(H,31,32)(H,33,34). The van der Waals surface area contributed by atoms with Crippen molar-refractivity contribution in [2.75, 3.05) is 5.32 Å². The third-order valence-corrected chi connectivity index (χ3v) is 5.14.